The van der Waals surface area contributed by atoms with Gasteiger partial charge in [-0.1, -0.05) is 6.07 Å². The highest BCUT2D eigenvalue weighted by Crippen LogP contribution is 2.20. The smallest absolute Gasteiger partial charge is 0.195 e. The van der Waals surface area contributed by atoms with E-state index >= 15 is 0 Å². The molecule has 0 bridgehead atoms. The van der Waals surface area contributed by atoms with Gasteiger partial charge in [-0.25, -0.2) is 0 Å². The van der Waals surface area contributed by atoms with Crippen molar-refractivity contribution < 1.29 is 9.47 Å². The lowest BCUT2D eigenvalue weighted by atomic mass is 10.2. The van der Waals surface area contributed by atoms with Crippen molar-refractivity contribution in [2.45, 2.75) is 25.0 Å². The molecule has 0 atom stereocenters. The summed E-state index contributed by atoms with van der Waals surface area (Å²) >= 11 is 1.83. The Morgan fingerprint density at radius 1 is 1.29 bits per heavy atom. The van der Waals surface area contributed by atoms with E-state index in [1.807, 2.05) is 36.0 Å². The van der Waals surface area contributed by atoms with Crippen LogP contribution in [0.1, 0.15) is 20.3 Å². The van der Waals surface area contributed by atoms with E-state index in [1.165, 1.54) is 0 Å². The average Bonchev–Trinajstić information content (AvgIpc) is 2.56. The SMILES string of the molecule is CN=C(NCC(C)(C)SC)Nc1cccc(OCCCOC)c1.I. The number of methoxy groups -OCH3 is 1. The summed E-state index contributed by atoms with van der Waals surface area (Å²) in [5.41, 5.74) is 0.948. The summed E-state index contributed by atoms with van der Waals surface area (Å²) in [6, 6.07) is 7.88. The lowest BCUT2D eigenvalue weighted by Gasteiger charge is -2.23. The monoisotopic (exact) mass is 467 g/mol. The van der Waals surface area contributed by atoms with Gasteiger partial charge < -0.3 is 20.1 Å². The quantitative estimate of drug-likeness (QED) is 0.250. The van der Waals surface area contributed by atoms with Crippen molar-refractivity contribution in [1.29, 1.82) is 0 Å². The molecule has 0 unspecified atom stereocenters. The highest BCUT2D eigenvalue weighted by molar-refractivity contribution is 14.0. The molecule has 0 spiro atoms. The summed E-state index contributed by atoms with van der Waals surface area (Å²) in [5.74, 6) is 1.59. The summed E-state index contributed by atoms with van der Waals surface area (Å²) in [4.78, 5) is 4.26. The van der Waals surface area contributed by atoms with E-state index in [1.54, 1.807) is 14.2 Å². The molecule has 2 N–H and O–H groups in total. The Bertz CT molecular complexity index is 498. The second-order valence-corrected chi connectivity index (χ2v) is 7.25. The lowest BCUT2D eigenvalue weighted by molar-refractivity contribution is 0.172. The second kappa shape index (κ2) is 12.7. The van der Waals surface area contributed by atoms with Crippen LogP contribution in [0.15, 0.2) is 29.3 Å². The van der Waals surface area contributed by atoms with Crippen molar-refractivity contribution in [3.8, 4) is 5.75 Å². The van der Waals surface area contributed by atoms with Gasteiger partial charge in [0.25, 0.3) is 0 Å². The van der Waals surface area contributed by atoms with Crippen LogP contribution in [0.3, 0.4) is 0 Å². The van der Waals surface area contributed by atoms with E-state index in [-0.39, 0.29) is 28.7 Å². The van der Waals surface area contributed by atoms with Gasteiger partial charge in [-0.3, -0.25) is 4.99 Å². The maximum absolute atomic E-state index is 5.71. The number of aliphatic imine (C=N–C) groups is 1. The maximum Gasteiger partial charge on any atom is 0.195 e. The Morgan fingerprint density at radius 2 is 2.04 bits per heavy atom. The molecule has 0 fully saturated rings. The summed E-state index contributed by atoms with van der Waals surface area (Å²) in [7, 11) is 3.47. The highest BCUT2D eigenvalue weighted by atomic mass is 127. The fraction of sp³-hybridized carbons (Fsp3) is 0.588. The van der Waals surface area contributed by atoms with Crippen molar-refractivity contribution in [3.05, 3.63) is 24.3 Å². The Labute approximate surface area is 167 Å². The molecule has 1 aromatic rings. The first-order chi connectivity index (χ1) is 11.0. The third kappa shape index (κ3) is 9.58. The second-order valence-electron chi connectivity index (χ2n) is 5.74. The van der Waals surface area contributed by atoms with Gasteiger partial charge in [0.1, 0.15) is 5.75 Å². The first kappa shape index (κ1) is 23.3. The van der Waals surface area contributed by atoms with Gasteiger partial charge in [0.05, 0.1) is 6.61 Å². The number of nitrogens with zero attached hydrogens (tertiary/aromatic N) is 1. The number of nitrogens with one attached hydrogen (secondary N) is 2. The van der Waals surface area contributed by atoms with Gasteiger partial charge in [0.2, 0.25) is 0 Å². The zero-order valence-corrected chi connectivity index (χ0v) is 18.4. The van der Waals surface area contributed by atoms with Crippen molar-refractivity contribution in [2.24, 2.45) is 4.99 Å². The molecule has 0 aromatic heterocycles. The van der Waals surface area contributed by atoms with E-state index < -0.39 is 0 Å². The number of benzene rings is 1. The molecule has 1 aromatic carbocycles. The summed E-state index contributed by atoms with van der Waals surface area (Å²) in [6.07, 6.45) is 2.99. The standard InChI is InChI=1S/C17H29N3O2S.HI/c1-17(2,23-5)13-19-16(18-3)20-14-8-6-9-15(12-14)22-11-7-10-21-4;/h6,8-9,12H,7,10-11,13H2,1-5H3,(H2,18,19,20);1H. The minimum Gasteiger partial charge on any atom is -0.493 e. The number of guanidine groups is 1. The summed E-state index contributed by atoms with van der Waals surface area (Å²) in [5, 5.41) is 6.64. The average molecular weight is 467 g/mol. The van der Waals surface area contributed by atoms with E-state index in [0.29, 0.717) is 13.2 Å². The molecule has 7 heteroatoms. The normalized spacial score (nSPS) is 11.6. The molecular formula is C17H30IN3O2S. The van der Waals surface area contributed by atoms with E-state index in [4.69, 9.17) is 9.47 Å². The third-order valence-electron chi connectivity index (χ3n) is 3.32. The molecule has 138 valence electrons. The molecular weight excluding hydrogens is 437 g/mol. The lowest BCUT2D eigenvalue weighted by Crippen LogP contribution is -2.39. The number of rotatable bonds is 9. The van der Waals surface area contributed by atoms with Crippen LogP contribution in [0.25, 0.3) is 0 Å². The van der Waals surface area contributed by atoms with Crippen molar-refractivity contribution in [3.63, 3.8) is 0 Å². The first-order valence-electron chi connectivity index (χ1n) is 7.75. The van der Waals surface area contributed by atoms with E-state index in [2.05, 4.69) is 35.7 Å². The Morgan fingerprint density at radius 3 is 2.67 bits per heavy atom. The highest BCUT2D eigenvalue weighted by Gasteiger charge is 2.16. The third-order valence-corrected chi connectivity index (χ3v) is 4.57. The van der Waals surface area contributed by atoms with Crippen LogP contribution in [0.2, 0.25) is 0 Å². The van der Waals surface area contributed by atoms with Gasteiger partial charge in [0, 0.05) is 50.2 Å². The number of halogens is 1. The molecule has 5 nitrogen and oxygen atoms in total. The van der Waals surface area contributed by atoms with Crippen LogP contribution in [-0.2, 0) is 4.74 Å². The van der Waals surface area contributed by atoms with Gasteiger partial charge in [-0.05, 0) is 32.2 Å². The van der Waals surface area contributed by atoms with Crippen molar-refractivity contribution in [2.75, 3.05) is 45.5 Å². The van der Waals surface area contributed by atoms with Crippen LogP contribution >= 0.6 is 35.7 Å². The van der Waals surface area contributed by atoms with Crippen LogP contribution in [0, 0.1) is 0 Å². The number of hydrogen-bond acceptors (Lipinski definition) is 4. The van der Waals surface area contributed by atoms with Crippen LogP contribution in [0.4, 0.5) is 5.69 Å². The topological polar surface area (TPSA) is 54.9 Å². The zero-order valence-electron chi connectivity index (χ0n) is 15.2. The van der Waals surface area contributed by atoms with Gasteiger partial charge in [-0.15, -0.1) is 24.0 Å². The fourth-order valence-corrected chi connectivity index (χ4v) is 1.96. The molecule has 0 aliphatic carbocycles. The van der Waals surface area contributed by atoms with Crippen molar-refractivity contribution >= 4 is 47.4 Å². The van der Waals surface area contributed by atoms with E-state index in [9.17, 15) is 0 Å². The molecule has 0 radical (unpaired) electrons. The summed E-state index contributed by atoms with van der Waals surface area (Å²) in [6.45, 7) is 6.59. The maximum atomic E-state index is 5.71. The molecule has 0 heterocycles. The number of ether oxygens (including phenoxy) is 2. The van der Waals surface area contributed by atoms with Crippen molar-refractivity contribution in [1.82, 2.24) is 5.32 Å². The van der Waals surface area contributed by atoms with Crippen LogP contribution in [0.5, 0.6) is 5.75 Å². The fourth-order valence-electron chi connectivity index (χ4n) is 1.74. The Balaban J connectivity index is 0.00000529. The first-order valence-corrected chi connectivity index (χ1v) is 8.98. The Hall–Kier alpha value is -0.670. The number of hydrogen-bond donors (Lipinski definition) is 2. The predicted octanol–water partition coefficient (Wildman–Crippen LogP) is 3.85. The van der Waals surface area contributed by atoms with Crippen LogP contribution < -0.4 is 15.4 Å². The molecule has 0 aliphatic rings. The molecule has 0 saturated heterocycles. The summed E-state index contributed by atoms with van der Waals surface area (Å²) < 4.78 is 10.9. The molecule has 0 aliphatic heterocycles. The zero-order chi connectivity index (χ0) is 17.1. The molecule has 24 heavy (non-hydrogen) atoms. The molecule has 0 saturated carbocycles. The molecule has 1 rings (SSSR count). The van der Waals surface area contributed by atoms with E-state index in [0.717, 1.165) is 30.4 Å². The minimum atomic E-state index is 0. The Kier molecular flexibility index (Phi) is 12.3. The molecule has 0 amide bonds. The number of thioether (sulfide) groups is 1. The largest absolute Gasteiger partial charge is 0.493 e. The van der Waals surface area contributed by atoms with Gasteiger partial charge in [0.15, 0.2) is 5.96 Å². The minimum absolute atomic E-state index is 0. The van der Waals surface area contributed by atoms with Gasteiger partial charge >= 0.3 is 0 Å². The number of anilines is 1. The predicted molar refractivity (Wildman–Crippen MR) is 116 cm³/mol. The van der Waals surface area contributed by atoms with Gasteiger partial charge in [-0.2, -0.15) is 11.8 Å². The van der Waals surface area contributed by atoms with Crippen LogP contribution in [-0.4, -0.2) is 50.9 Å².